The van der Waals surface area contributed by atoms with E-state index in [1.54, 1.807) is 38.5 Å². The molecule has 0 atom stereocenters. The van der Waals surface area contributed by atoms with Gasteiger partial charge in [-0.1, -0.05) is 38.5 Å². The predicted molar refractivity (Wildman–Crippen MR) is 39.7 cm³/mol. The Labute approximate surface area is 57.4 Å². The van der Waals surface area contributed by atoms with E-state index in [-0.39, 0.29) is 6.15 Å². The van der Waals surface area contributed by atoms with Crippen LogP contribution in [0.1, 0.15) is 38.5 Å². The maximum atomic E-state index is 1.56. The number of hydrogen-bond donors (Lipinski definition) is 1. The number of rotatable bonds is 0. The molecule has 3 saturated carbocycles. The van der Waals surface area contributed by atoms with Gasteiger partial charge in [0.25, 0.3) is 0 Å². The van der Waals surface area contributed by atoms with Crippen molar-refractivity contribution in [2.24, 2.45) is 11.8 Å². The Balaban J connectivity index is 0.000000405. The molecule has 0 aromatic rings. The standard InChI is InChI=1S/C8H14.H3N/c1-2-8-5-3-7(1)4-6-8;/h7-8H,1-6H2;1H3. The minimum Gasteiger partial charge on any atom is -0.344 e. The summed E-state index contributed by atoms with van der Waals surface area (Å²) in [7, 11) is 0. The second-order valence-electron chi connectivity index (χ2n) is 3.46. The summed E-state index contributed by atoms with van der Waals surface area (Å²) in [4.78, 5) is 0. The molecule has 1 heteroatoms. The first-order chi connectivity index (χ1) is 3.95. The van der Waals surface area contributed by atoms with Crippen LogP contribution < -0.4 is 6.15 Å². The molecule has 0 radical (unpaired) electrons. The zero-order valence-corrected chi connectivity index (χ0v) is 6.10. The lowest BCUT2D eigenvalue weighted by atomic mass is 9.71. The molecular weight excluding hydrogens is 110 g/mol. The number of fused-ring (bicyclic) bond motifs is 3. The first-order valence-corrected chi connectivity index (χ1v) is 3.95. The molecule has 3 aliphatic rings. The summed E-state index contributed by atoms with van der Waals surface area (Å²) in [5.41, 5.74) is 0. The van der Waals surface area contributed by atoms with E-state index >= 15 is 0 Å². The second kappa shape index (κ2) is 2.70. The van der Waals surface area contributed by atoms with Crippen LogP contribution in [0.15, 0.2) is 0 Å². The molecule has 0 unspecified atom stereocenters. The summed E-state index contributed by atoms with van der Waals surface area (Å²) in [5, 5.41) is 0. The third-order valence-corrected chi connectivity index (χ3v) is 2.95. The Morgan fingerprint density at radius 3 is 0.889 bits per heavy atom. The molecule has 3 fully saturated rings. The molecule has 0 heterocycles. The molecule has 0 aliphatic heterocycles. The summed E-state index contributed by atoms with van der Waals surface area (Å²) in [5.74, 6) is 2.31. The fraction of sp³-hybridized carbons (Fsp3) is 1.00. The molecule has 54 valence electrons. The van der Waals surface area contributed by atoms with Gasteiger partial charge in [-0.3, -0.25) is 0 Å². The molecule has 3 rings (SSSR count). The van der Waals surface area contributed by atoms with Crippen molar-refractivity contribution in [1.82, 2.24) is 6.15 Å². The normalized spacial score (nSPS) is 40.0. The quantitative estimate of drug-likeness (QED) is 0.533. The largest absolute Gasteiger partial charge is 0.344 e. The van der Waals surface area contributed by atoms with Gasteiger partial charge < -0.3 is 6.15 Å². The van der Waals surface area contributed by atoms with Crippen molar-refractivity contribution in [3.63, 3.8) is 0 Å². The summed E-state index contributed by atoms with van der Waals surface area (Å²) in [6.45, 7) is 0. The van der Waals surface area contributed by atoms with Crippen molar-refractivity contribution < 1.29 is 0 Å². The Morgan fingerprint density at radius 1 is 0.556 bits per heavy atom. The van der Waals surface area contributed by atoms with Gasteiger partial charge in [-0.15, -0.1) is 0 Å². The first-order valence-electron chi connectivity index (χ1n) is 3.95. The Bertz CT molecular complexity index is 59.5. The first kappa shape index (κ1) is 7.07. The van der Waals surface area contributed by atoms with Gasteiger partial charge in [0, 0.05) is 0 Å². The molecule has 0 aromatic carbocycles. The van der Waals surface area contributed by atoms with E-state index in [0.29, 0.717) is 0 Å². The van der Waals surface area contributed by atoms with Crippen molar-refractivity contribution in [1.29, 1.82) is 0 Å². The minimum absolute atomic E-state index is 0. The monoisotopic (exact) mass is 127 g/mol. The van der Waals surface area contributed by atoms with Crippen LogP contribution in [0.25, 0.3) is 0 Å². The lowest BCUT2D eigenvalue weighted by Crippen LogP contribution is -2.21. The van der Waals surface area contributed by atoms with Crippen LogP contribution in [0.5, 0.6) is 0 Å². The van der Waals surface area contributed by atoms with E-state index in [0.717, 1.165) is 11.8 Å². The summed E-state index contributed by atoms with van der Waals surface area (Å²) >= 11 is 0. The van der Waals surface area contributed by atoms with E-state index in [9.17, 15) is 0 Å². The average molecular weight is 127 g/mol. The second-order valence-corrected chi connectivity index (χ2v) is 3.46. The minimum atomic E-state index is 0. The third-order valence-electron chi connectivity index (χ3n) is 2.95. The van der Waals surface area contributed by atoms with E-state index in [4.69, 9.17) is 0 Å². The third kappa shape index (κ3) is 1.26. The molecule has 0 spiro atoms. The van der Waals surface area contributed by atoms with E-state index in [1.165, 1.54) is 0 Å². The van der Waals surface area contributed by atoms with Gasteiger partial charge in [0.2, 0.25) is 0 Å². The van der Waals surface area contributed by atoms with E-state index in [1.807, 2.05) is 0 Å². The molecule has 1 nitrogen and oxygen atoms in total. The number of hydrogen-bond acceptors (Lipinski definition) is 1. The lowest BCUT2D eigenvalue weighted by molar-refractivity contribution is 0.176. The van der Waals surface area contributed by atoms with Crippen LogP contribution in [-0.2, 0) is 0 Å². The van der Waals surface area contributed by atoms with E-state index < -0.39 is 0 Å². The van der Waals surface area contributed by atoms with Crippen LogP contribution in [0, 0.1) is 11.8 Å². The molecule has 3 aliphatic carbocycles. The molecule has 0 saturated heterocycles. The molecule has 9 heavy (non-hydrogen) atoms. The zero-order valence-electron chi connectivity index (χ0n) is 6.10. The summed E-state index contributed by atoms with van der Waals surface area (Å²) in [6, 6.07) is 0. The molecule has 2 bridgehead atoms. The molecular formula is C8H17N. The van der Waals surface area contributed by atoms with Gasteiger partial charge in [0.15, 0.2) is 0 Å². The van der Waals surface area contributed by atoms with Crippen LogP contribution >= 0.6 is 0 Å². The Hall–Kier alpha value is -0.0400. The average Bonchev–Trinajstić information content (AvgIpc) is 1.92. The smallest absolute Gasteiger partial charge is 0.0414 e. The van der Waals surface area contributed by atoms with Crippen molar-refractivity contribution in [3.8, 4) is 0 Å². The van der Waals surface area contributed by atoms with Gasteiger partial charge in [0.05, 0.1) is 0 Å². The molecule has 0 amide bonds. The van der Waals surface area contributed by atoms with Crippen molar-refractivity contribution in [3.05, 3.63) is 0 Å². The summed E-state index contributed by atoms with van der Waals surface area (Å²) in [6.07, 6.45) is 9.36. The van der Waals surface area contributed by atoms with Crippen LogP contribution in [0.4, 0.5) is 0 Å². The van der Waals surface area contributed by atoms with Crippen LogP contribution in [-0.4, -0.2) is 0 Å². The van der Waals surface area contributed by atoms with Crippen molar-refractivity contribution >= 4 is 0 Å². The van der Waals surface area contributed by atoms with Gasteiger partial charge in [-0.05, 0) is 11.8 Å². The van der Waals surface area contributed by atoms with Gasteiger partial charge in [-0.25, -0.2) is 0 Å². The lowest BCUT2D eigenvalue weighted by Gasteiger charge is -2.35. The zero-order chi connectivity index (χ0) is 5.40. The maximum absolute atomic E-state index is 1.56. The molecule has 3 N–H and O–H groups in total. The highest BCUT2D eigenvalue weighted by atomic mass is 14.3. The molecule has 0 aromatic heterocycles. The topological polar surface area (TPSA) is 35.0 Å². The predicted octanol–water partition coefficient (Wildman–Crippen LogP) is 2.75. The van der Waals surface area contributed by atoms with Gasteiger partial charge >= 0.3 is 0 Å². The van der Waals surface area contributed by atoms with Gasteiger partial charge in [-0.2, -0.15) is 0 Å². The van der Waals surface area contributed by atoms with Crippen molar-refractivity contribution in [2.75, 3.05) is 0 Å². The Kier molecular flexibility index (Phi) is 2.12. The summed E-state index contributed by atoms with van der Waals surface area (Å²) < 4.78 is 0. The van der Waals surface area contributed by atoms with Crippen LogP contribution in [0.3, 0.4) is 0 Å². The highest BCUT2D eigenvalue weighted by molar-refractivity contribution is 4.79. The SMILES string of the molecule is C1CC2CCC1CC2.N. The fourth-order valence-electron chi connectivity index (χ4n) is 2.28. The Morgan fingerprint density at radius 2 is 0.778 bits per heavy atom. The highest BCUT2D eigenvalue weighted by Gasteiger charge is 2.26. The van der Waals surface area contributed by atoms with Crippen molar-refractivity contribution in [2.45, 2.75) is 38.5 Å². The maximum Gasteiger partial charge on any atom is -0.0414 e. The van der Waals surface area contributed by atoms with E-state index in [2.05, 4.69) is 0 Å². The fourth-order valence-corrected chi connectivity index (χ4v) is 2.28. The van der Waals surface area contributed by atoms with Gasteiger partial charge in [0.1, 0.15) is 0 Å². The van der Waals surface area contributed by atoms with Crippen LogP contribution in [0.2, 0.25) is 0 Å². The highest BCUT2D eigenvalue weighted by Crippen LogP contribution is 2.40.